The van der Waals surface area contributed by atoms with Crippen LogP contribution in [-0.2, 0) is 4.79 Å². The van der Waals surface area contributed by atoms with Crippen molar-refractivity contribution >= 4 is 5.91 Å². The van der Waals surface area contributed by atoms with Crippen LogP contribution in [0.2, 0.25) is 0 Å². The Morgan fingerprint density at radius 1 is 1.21 bits per heavy atom. The number of rotatable bonds is 2. The second-order valence-electron chi connectivity index (χ2n) is 6.37. The highest BCUT2D eigenvalue weighted by Crippen LogP contribution is 2.34. The fraction of sp³-hybridized carbons (Fsp3) is 0.444. The van der Waals surface area contributed by atoms with E-state index in [9.17, 15) is 4.79 Å². The van der Waals surface area contributed by atoms with Gasteiger partial charge in [-0.1, -0.05) is 12.1 Å². The number of likely N-dealkylation sites (tertiary alicyclic amines) is 1. The van der Waals surface area contributed by atoms with Gasteiger partial charge < -0.3 is 14.4 Å². The van der Waals surface area contributed by atoms with Crippen molar-refractivity contribution in [3.05, 3.63) is 42.7 Å². The predicted octanol–water partition coefficient (Wildman–Crippen LogP) is 2.28. The van der Waals surface area contributed by atoms with Gasteiger partial charge in [0, 0.05) is 25.5 Å². The summed E-state index contributed by atoms with van der Waals surface area (Å²) >= 11 is 0. The SMILES string of the molecule is C[C@@H]1Oc2ccccc2O[C@@H]1C(=O)N1CCC[C@H](n2cccn2)C1. The average Bonchev–Trinajstić information content (AvgIpc) is 3.15. The molecule has 6 heteroatoms. The number of ether oxygens (including phenoxy) is 2. The monoisotopic (exact) mass is 327 g/mol. The van der Waals surface area contributed by atoms with Gasteiger partial charge in [0.2, 0.25) is 6.10 Å². The lowest BCUT2D eigenvalue weighted by atomic mass is 10.0. The number of fused-ring (bicyclic) bond motifs is 1. The standard InChI is InChI=1S/C18H21N3O3/c1-13-17(24-16-8-3-2-7-15(16)23-13)18(22)20-10-4-6-14(12-20)21-11-5-9-19-21/h2-3,5,7-9,11,13-14,17H,4,6,10,12H2,1H3/t13-,14-,17-/m0/s1. The van der Waals surface area contributed by atoms with Crippen LogP contribution in [0.25, 0.3) is 0 Å². The molecule has 2 aromatic rings. The van der Waals surface area contributed by atoms with E-state index in [1.807, 2.05) is 53.0 Å². The molecule has 1 aromatic heterocycles. The molecule has 0 aliphatic carbocycles. The van der Waals surface area contributed by atoms with Gasteiger partial charge in [-0.25, -0.2) is 0 Å². The number of aromatic nitrogens is 2. The van der Waals surface area contributed by atoms with E-state index in [4.69, 9.17) is 9.47 Å². The molecule has 4 rings (SSSR count). The normalized spacial score (nSPS) is 26.2. The third-order valence-corrected chi connectivity index (χ3v) is 4.69. The maximum absolute atomic E-state index is 13.0. The van der Waals surface area contributed by atoms with Gasteiger partial charge in [0.05, 0.1) is 6.04 Å². The van der Waals surface area contributed by atoms with Crippen LogP contribution < -0.4 is 9.47 Å². The summed E-state index contributed by atoms with van der Waals surface area (Å²) in [5, 5.41) is 4.31. The minimum absolute atomic E-state index is 0.00569. The molecule has 126 valence electrons. The highest BCUT2D eigenvalue weighted by Gasteiger charge is 2.38. The van der Waals surface area contributed by atoms with Crippen LogP contribution in [0.3, 0.4) is 0 Å². The molecular weight excluding hydrogens is 306 g/mol. The van der Waals surface area contributed by atoms with Crippen molar-refractivity contribution in [2.45, 2.75) is 38.0 Å². The van der Waals surface area contributed by atoms with Gasteiger partial charge >= 0.3 is 0 Å². The summed E-state index contributed by atoms with van der Waals surface area (Å²) < 4.78 is 13.8. The van der Waals surface area contributed by atoms with Gasteiger partial charge in [-0.05, 0) is 38.0 Å². The van der Waals surface area contributed by atoms with Crippen LogP contribution in [0.5, 0.6) is 11.5 Å². The van der Waals surface area contributed by atoms with E-state index in [2.05, 4.69) is 5.10 Å². The third-order valence-electron chi connectivity index (χ3n) is 4.69. The summed E-state index contributed by atoms with van der Waals surface area (Å²) in [7, 11) is 0. The Hall–Kier alpha value is -2.50. The van der Waals surface area contributed by atoms with Crippen molar-refractivity contribution in [1.29, 1.82) is 0 Å². The molecule has 0 unspecified atom stereocenters. The molecule has 6 nitrogen and oxygen atoms in total. The molecular formula is C18H21N3O3. The summed E-state index contributed by atoms with van der Waals surface area (Å²) in [6.07, 6.45) is 4.82. The van der Waals surface area contributed by atoms with Crippen molar-refractivity contribution in [2.75, 3.05) is 13.1 Å². The highest BCUT2D eigenvalue weighted by atomic mass is 16.6. The summed E-state index contributed by atoms with van der Waals surface area (Å²) in [5.74, 6) is 1.32. The number of amides is 1. The zero-order valence-electron chi connectivity index (χ0n) is 13.7. The quantitative estimate of drug-likeness (QED) is 0.849. The number of hydrogen-bond acceptors (Lipinski definition) is 4. The number of hydrogen-bond donors (Lipinski definition) is 0. The average molecular weight is 327 g/mol. The molecule has 2 aliphatic rings. The van der Waals surface area contributed by atoms with Gasteiger partial charge in [-0.15, -0.1) is 0 Å². The number of benzene rings is 1. The zero-order chi connectivity index (χ0) is 16.5. The van der Waals surface area contributed by atoms with Crippen molar-refractivity contribution in [2.24, 2.45) is 0 Å². The molecule has 1 fully saturated rings. The molecule has 24 heavy (non-hydrogen) atoms. The molecule has 0 spiro atoms. The molecule has 3 heterocycles. The maximum Gasteiger partial charge on any atom is 0.267 e. The van der Waals surface area contributed by atoms with E-state index >= 15 is 0 Å². The lowest BCUT2D eigenvalue weighted by Crippen LogP contribution is -2.53. The summed E-state index contributed by atoms with van der Waals surface area (Å²) in [6, 6.07) is 9.62. The first-order valence-corrected chi connectivity index (χ1v) is 8.42. The van der Waals surface area contributed by atoms with E-state index in [-0.39, 0.29) is 18.1 Å². The van der Waals surface area contributed by atoms with Gasteiger partial charge in [-0.2, -0.15) is 5.10 Å². The molecule has 0 bridgehead atoms. The lowest BCUT2D eigenvalue weighted by molar-refractivity contribution is -0.146. The first-order valence-electron chi connectivity index (χ1n) is 8.42. The van der Waals surface area contributed by atoms with Crippen molar-refractivity contribution in [1.82, 2.24) is 14.7 Å². The smallest absolute Gasteiger partial charge is 0.267 e. The third kappa shape index (κ3) is 2.72. The first-order chi connectivity index (χ1) is 11.7. The molecule has 1 aromatic carbocycles. The van der Waals surface area contributed by atoms with Crippen LogP contribution in [0.15, 0.2) is 42.7 Å². The Morgan fingerprint density at radius 3 is 2.75 bits per heavy atom. The van der Waals surface area contributed by atoms with Crippen LogP contribution in [-0.4, -0.2) is 45.9 Å². The van der Waals surface area contributed by atoms with E-state index in [0.717, 1.165) is 19.4 Å². The predicted molar refractivity (Wildman–Crippen MR) is 88.0 cm³/mol. The van der Waals surface area contributed by atoms with Crippen LogP contribution in [0.4, 0.5) is 0 Å². The molecule has 1 saturated heterocycles. The fourth-order valence-corrected chi connectivity index (χ4v) is 3.44. The second-order valence-corrected chi connectivity index (χ2v) is 6.37. The Kier molecular flexibility index (Phi) is 3.88. The van der Waals surface area contributed by atoms with Gasteiger partial charge in [0.15, 0.2) is 11.5 Å². The Bertz CT molecular complexity index is 716. The zero-order valence-corrected chi connectivity index (χ0v) is 13.7. The van der Waals surface area contributed by atoms with Crippen LogP contribution >= 0.6 is 0 Å². The Labute approximate surface area is 141 Å². The highest BCUT2D eigenvalue weighted by molar-refractivity contribution is 5.82. The maximum atomic E-state index is 13.0. The van der Waals surface area contributed by atoms with Crippen LogP contribution in [0.1, 0.15) is 25.8 Å². The topological polar surface area (TPSA) is 56.6 Å². The molecule has 0 saturated carbocycles. The molecule has 3 atom stereocenters. The molecule has 2 aliphatic heterocycles. The van der Waals surface area contributed by atoms with Gasteiger partial charge in [0.1, 0.15) is 6.10 Å². The fourth-order valence-electron chi connectivity index (χ4n) is 3.44. The number of para-hydroxylation sites is 2. The van der Waals surface area contributed by atoms with E-state index in [1.54, 1.807) is 6.20 Å². The Balaban J connectivity index is 1.49. The number of carbonyl (C=O) groups is 1. The van der Waals surface area contributed by atoms with E-state index in [0.29, 0.717) is 18.0 Å². The van der Waals surface area contributed by atoms with E-state index in [1.165, 1.54) is 0 Å². The number of carbonyl (C=O) groups excluding carboxylic acids is 1. The van der Waals surface area contributed by atoms with Crippen molar-refractivity contribution in [3.8, 4) is 11.5 Å². The summed E-state index contributed by atoms with van der Waals surface area (Å²) in [5.41, 5.74) is 0. The van der Waals surface area contributed by atoms with Gasteiger partial charge in [0.25, 0.3) is 5.91 Å². The Morgan fingerprint density at radius 2 is 2.00 bits per heavy atom. The summed E-state index contributed by atoms with van der Waals surface area (Å²) in [4.78, 5) is 14.9. The second kappa shape index (κ2) is 6.19. The minimum atomic E-state index is -0.601. The summed E-state index contributed by atoms with van der Waals surface area (Å²) in [6.45, 7) is 3.30. The molecule has 0 radical (unpaired) electrons. The van der Waals surface area contributed by atoms with E-state index < -0.39 is 6.10 Å². The number of nitrogens with zero attached hydrogens (tertiary/aromatic N) is 3. The van der Waals surface area contributed by atoms with Crippen molar-refractivity contribution < 1.29 is 14.3 Å². The van der Waals surface area contributed by atoms with Crippen molar-refractivity contribution in [3.63, 3.8) is 0 Å². The minimum Gasteiger partial charge on any atom is -0.482 e. The largest absolute Gasteiger partial charge is 0.482 e. The van der Waals surface area contributed by atoms with Gasteiger partial charge in [-0.3, -0.25) is 9.48 Å². The van der Waals surface area contributed by atoms with Crippen LogP contribution in [0, 0.1) is 0 Å². The lowest BCUT2D eigenvalue weighted by Gasteiger charge is -2.38. The first kappa shape index (κ1) is 15.1. The number of piperidine rings is 1. The molecule has 0 N–H and O–H groups in total. The molecule has 1 amide bonds.